The number of fused-ring (bicyclic) bond motifs is 2. The van der Waals surface area contributed by atoms with Crippen LogP contribution in [0.15, 0.2) is 41.0 Å². The van der Waals surface area contributed by atoms with Crippen molar-refractivity contribution in [3.8, 4) is 0 Å². The lowest BCUT2D eigenvalue weighted by atomic mass is 9.92. The predicted molar refractivity (Wildman–Crippen MR) is 86.2 cm³/mol. The molecule has 4 nitrogen and oxygen atoms in total. The number of carbonyl (C=O) groups excluding carboxylic acids is 1. The molecule has 4 heteroatoms. The van der Waals surface area contributed by atoms with E-state index in [1.54, 1.807) is 6.26 Å². The van der Waals surface area contributed by atoms with Crippen LogP contribution in [0.4, 0.5) is 0 Å². The van der Waals surface area contributed by atoms with Gasteiger partial charge in [-0.25, -0.2) is 0 Å². The molecule has 3 heterocycles. The Morgan fingerprint density at radius 2 is 2.09 bits per heavy atom. The van der Waals surface area contributed by atoms with Gasteiger partial charge in [0.05, 0.1) is 19.4 Å². The van der Waals surface area contributed by atoms with Gasteiger partial charge >= 0.3 is 0 Å². The molecule has 2 aliphatic rings. The maximum Gasteiger partial charge on any atom is 0.289 e. The summed E-state index contributed by atoms with van der Waals surface area (Å²) < 4.78 is 11.6. The molecule has 1 aromatic heterocycles. The number of ether oxygens (including phenoxy) is 1. The Kier molecular flexibility index (Phi) is 3.31. The third kappa shape index (κ3) is 2.20. The summed E-state index contributed by atoms with van der Waals surface area (Å²) in [5.41, 5.74) is 3.11. The van der Waals surface area contributed by atoms with Crippen LogP contribution in [0.3, 0.4) is 0 Å². The quantitative estimate of drug-likeness (QED) is 0.850. The molecule has 4 rings (SSSR count). The summed E-state index contributed by atoms with van der Waals surface area (Å²) in [5.74, 6) is 0.722. The monoisotopic (exact) mass is 311 g/mol. The SMILES string of the molecule is CC(C)c1ccoc1C(=O)N1CCC2(C1)OCc1ccccc12. The minimum atomic E-state index is -0.336. The summed E-state index contributed by atoms with van der Waals surface area (Å²) in [6.07, 6.45) is 2.45. The fourth-order valence-corrected chi connectivity index (χ4v) is 3.77. The Labute approximate surface area is 136 Å². The van der Waals surface area contributed by atoms with Crippen LogP contribution in [0.1, 0.15) is 53.4 Å². The van der Waals surface area contributed by atoms with E-state index < -0.39 is 0 Å². The summed E-state index contributed by atoms with van der Waals surface area (Å²) in [6, 6.07) is 10.2. The van der Waals surface area contributed by atoms with E-state index in [0.29, 0.717) is 25.5 Å². The van der Waals surface area contributed by atoms with Gasteiger partial charge in [-0.15, -0.1) is 0 Å². The lowest BCUT2D eigenvalue weighted by Gasteiger charge is -2.24. The van der Waals surface area contributed by atoms with Gasteiger partial charge in [-0.05, 0) is 29.5 Å². The highest BCUT2D eigenvalue weighted by Crippen LogP contribution is 2.43. The lowest BCUT2D eigenvalue weighted by Crippen LogP contribution is -2.34. The van der Waals surface area contributed by atoms with Crippen LogP contribution < -0.4 is 0 Å². The third-order valence-electron chi connectivity index (χ3n) is 5.04. The molecular formula is C19H21NO3. The van der Waals surface area contributed by atoms with Gasteiger partial charge in [0.1, 0.15) is 5.60 Å². The molecule has 1 saturated heterocycles. The molecule has 1 amide bonds. The molecule has 120 valence electrons. The van der Waals surface area contributed by atoms with Crippen LogP contribution in [0.2, 0.25) is 0 Å². The average molecular weight is 311 g/mol. The van der Waals surface area contributed by atoms with Gasteiger partial charge < -0.3 is 14.1 Å². The van der Waals surface area contributed by atoms with Crippen molar-refractivity contribution in [1.82, 2.24) is 4.90 Å². The number of rotatable bonds is 2. The van der Waals surface area contributed by atoms with Gasteiger partial charge in [-0.2, -0.15) is 0 Å². The van der Waals surface area contributed by atoms with E-state index in [4.69, 9.17) is 9.15 Å². The van der Waals surface area contributed by atoms with E-state index >= 15 is 0 Å². The summed E-state index contributed by atoms with van der Waals surface area (Å²) in [6.45, 7) is 6.08. The van der Waals surface area contributed by atoms with Crippen molar-refractivity contribution in [2.24, 2.45) is 0 Å². The zero-order valence-corrected chi connectivity index (χ0v) is 13.5. The van der Waals surface area contributed by atoms with E-state index in [-0.39, 0.29) is 17.4 Å². The van der Waals surface area contributed by atoms with Crippen molar-refractivity contribution >= 4 is 5.91 Å². The minimum absolute atomic E-state index is 0.0245. The summed E-state index contributed by atoms with van der Waals surface area (Å²) >= 11 is 0. The van der Waals surface area contributed by atoms with Gasteiger partial charge in [-0.3, -0.25) is 4.79 Å². The van der Waals surface area contributed by atoms with E-state index in [1.165, 1.54) is 11.1 Å². The topological polar surface area (TPSA) is 42.7 Å². The largest absolute Gasteiger partial charge is 0.459 e. The highest BCUT2D eigenvalue weighted by Gasteiger charge is 2.47. The normalized spacial score (nSPS) is 23.0. The second-order valence-corrected chi connectivity index (χ2v) is 6.78. The first kappa shape index (κ1) is 14.5. The predicted octanol–water partition coefficient (Wildman–Crippen LogP) is 3.67. The van der Waals surface area contributed by atoms with Crippen molar-refractivity contribution in [3.05, 3.63) is 59.0 Å². The molecule has 0 aliphatic carbocycles. The number of carbonyl (C=O) groups is 1. The molecule has 0 saturated carbocycles. The first-order valence-corrected chi connectivity index (χ1v) is 8.20. The van der Waals surface area contributed by atoms with Crippen LogP contribution in [0.5, 0.6) is 0 Å². The second kappa shape index (κ2) is 5.24. The van der Waals surface area contributed by atoms with Crippen molar-refractivity contribution < 1.29 is 13.9 Å². The van der Waals surface area contributed by atoms with Crippen molar-refractivity contribution in [1.29, 1.82) is 0 Å². The van der Waals surface area contributed by atoms with Crippen LogP contribution >= 0.6 is 0 Å². The number of amides is 1. The van der Waals surface area contributed by atoms with Crippen molar-refractivity contribution in [2.45, 2.75) is 38.4 Å². The number of furan rings is 1. The van der Waals surface area contributed by atoms with Gasteiger partial charge in [0.25, 0.3) is 5.91 Å². The molecule has 2 aromatic rings. The van der Waals surface area contributed by atoms with Crippen molar-refractivity contribution in [2.75, 3.05) is 13.1 Å². The number of hydrogen-bond acceptors (Lipinski definition) is 3. The third-order valence-corrected chi connectivity index (χ3v) is 5.04. The molecule has 1 unspecified atom stereocenters. The summed E-state index contributed by atoms with van der Waals surface area (Å²) in [5, 5.41) is 0. The zero-order valence-electron chi connectivity index (χ0n) is 13.5. The number of hydrogen-bond donors (Lipinski definition) is 0. The molecule has 1 spiro atoms. The van der Waals surface area contributed by atoms with Gasteiger partial charge in [-0.1, -0.05) is 38.1 Å². The molecule has 2 aliphatic heterocycles. The van der Waals surface area contributed by atoms with E-state index in [9.17, 15) is 4.79 Å². The summed E-state index contributed by atoms with van der Waals surface area (Å²) in [7, 11) is 0. The molecule has 0 N–H and O–H groups in total. The highest BCUT2D eigenvalue weighted by atomic mass is 16.5. The Morgan fingerprint density at radius 3 is 2.91 bits per heavy atom. The van der Waals surface area contributed by atoms with Gasteiger partial charge in [0.2, 0.25) is 0 Å². The first-order valence-electron chi connectivity index (χ1n) is 8.20. The van der Waals surface area contributed by atoms with E-state index in [0.717, 1.165) is 12.0 Å². The van der Waals surface area contributed by atoms with E-state index in [2.05, 4.69) is 26.0 Å². The maximum atomic E-state index is 12.9. The lowest BCUT2D eigenvalue weighted by molar-refractivity contribution is -0.0284. The van der Waals surface area contributed by atoms with Crippen LogP contribution in [-0.2, 0) is 16.9 Å². The van der Waals surface area contributed by atoms with Crippen LogP contribution in [0, 0.1) is 0 Å². The Morgan fingerprint density at radius 1 is 1.26 bits per heavy atom. The van der Waals surface area contributed by atoms with E-state index in [1.807, 2.05) is 23.1 Å². The first-order chi connectivity index (χ1) is 11.1. The number of nitrogens with zero attached hydrogens (tertiary/aromatic N) is 1. The molecule has 23 heavy (non-hydrogen) atoms. The Bertz CT molecular complexity index is 749. The van der Waals surface area contributed by atoms with Crippen molar-refractivity contribution in [3.63, 3.8) is 0 Å². The minimum Gasteiger partial charge on any atom is -0.459 e. The van der Waals surface area contributed by atoms with Crippen LogP contribution in [-0.4, -0.2) is 23.9 Å². The Hall–Kier alpha value is -2.07. The second-order valence-electron chi connectivity index (χ2n) is 6.78. The smallest absolute Gasteiger partial charge is 0.289 e. The molecule has 1 fully saturated rings. The van der Waals surface area contributed by atoms with Gasteiger partial charge in [0.15, 0.2) is 5.76 Å². The zero-order chi connectivity index (χ0) is 16.0. The molecular weight excluding hydrogens is 290 g/mol. The maximum absolute atomic E-state index is 12.9. The highest BCUT2D eigenvalue weighted by molar-refractivity contribution is 5.93. The number of benzene rings is 1. The fraction of sp³-hybridized carbons (Fsp3) is 0.421. The van der Waals surface area contributed by atoms with Crippen LogP contribution in [0.25, 0.3) is 0 Å². The molecule has 1 aromatic carbocycles. The number of likely N-dealkylation sites (tertiary alicyclic amines) is 1. The Balaban J connectivity index is 1.60. The fourth-order valence-electron chi connectivity index (χ4n) is 3.77. The molecule has 0 radical (unpaired) electrons. The molecule has 1 atom stereocenters. The standard InChI is InChI=1S/C19H21NO3/c1-13(2)15-7-10-22-17(15)18(21)20-9-8-19(12-20)16-6-4-3-5-14(16)11-23-19/h3-7,10,13H,8-9,11-12H2,1-2H3. The molecule has 0 bridgehead atoms. The van der Waals surface area contributed by atoms with Gasteiger partial charge in [0, 0.05) is 12.1 Å². The average Bonchev–Trinajstić information content (AvgIpc) is 3.27. The summed E-state index contributed by atoms with van der Waals surface area (Å²) in [4.78, 5) is 14.7.